The summed E-state index contributed by atoms with van der Waals surface area (Å²) in [5.41, 5.74) is -2.28. The van der Waals surface area contributed by atoms with Crippen molar-refractivity contribution in [3.05, 3.63) is 23.9 Å². The maximum Gasteiger partial charge on any atom is 0.417 e. The highest BCUT2D eigenvalue weighted by Gasteiger charge is 2.31. The number of carbonyl (C=O) groups is 2. The number of amides is 1. The number of alkyl halides is 3. The number of hydrogen-bond donors (Lipinski definition) is 2. The molecule has 0 aliphatic rings. The minimum atomic E-state index is -4.46. The van der Waals surface area contributed by atoms with Crippen molar-refractivity contribution in [2.75, 3.05) is 5.75 Å². The number of rotatable bonds is 5. The molecule has 0 unspecified atom stereocenters. The molecule has 9 heteroatoms. The molecule has 0 spiro atoms. The number of aliphatic carboxylic acids is 1. The van der Waals surface area contributed by atoms with E-state index in [1.807, 2.05) is 0 Å². The van der Waals surface area contributed by atoms with Crippen molar-refractivity contribution in [3.63, 3.8) is 0 Å². The van der Waals surface area contributed by atoms with Gasteiger partial charge in [0.05, 0.1) is 16.3 Å². The fourth-order valence-corrected chi connectivity index (χ4v) is 1.85. The molecule has 0 saturated heterocycles. The van der Waals surface area contributed by atoms with Gasteiger partial charge in [-0.15, -0.1) is 0 Å². The number of thioether (sulfide) groups is 1. The molecule has 0 radical (unpaired) electrons. The van der Waals surface area contributed by atoms with Gasteiger partial charge in [0.15, 0.2) is 0 Å². The Hall–Kier alpha value is -1.77. The van der Waals surface area contributed by atoms with Crippen LogP contribution in [0.4, 0.5) is 13.2 Å². The van der Waals surface area contributed by atoms with Crippen molar-refractivity contribution >= 4 is 23.6 Å². The van der Waals surface area contributed by atoms with Crippen molar-refractivity contribution in [3.8, 4) is 0 Å². The van der Waals surface area contributed by atoms with Crippen molar-refractivity contribution in [1.82, 2.24) is 10.3 Å². The van der Waals surface area contributed by atoms with Crippen LogP contribution in [-0.4, -0.2) is 33.3 Å². The van der Waals surface area contributed by atoms with Gasteiger partial charge >= 0.3 is 12.1 Å². The summed E-state index contributed by atoms with van der Waals surface area (Å²) in [7, 11) is 0. The Bertz CT molecular complexity index is 530. The number of carbonyl (C=O) groups excluding carboxylic acids is 1. The quantitative estimate of drug-likeness (QED) is 0.812. The number of pyridine rings is 1. The fraction of sp³-hybridized carbons (Fsp3) is 0.417. The van der Waals surface area contributed by atoms with Gasteiger partial charge in [0.2, 0.25) is 5.91 Å². The van der Waals surface area contributed by atoms with Crippen molar-refractivity contribution in [2.24, 2.45) is 0 Å². The third kappa shape index (κ3) is 5.25. The van der Waals surface area contributed by atoms with Gasteiger partial charge in [-0.2, -0.15) is 13.2 Å². The van der Waals surface area contributed by atoms with E-state index >= 15 is 0 Å². The predicted octanol–water partition coefficient (Wildman–Crippen LogP) is 2.17. The second-order valence-electron chi connectivity index (χ2n) is 4.65. The second-order valence-corrected chi connectivity index (χ2v) is 5.65. The van der Waals surface area contributed by atoms with Crippen LogP contribution in [0.5, 0.6) is 0 Å². The van der Waals surface area contributed by atoms with Gasteiger partial charge < -0.3 is 10.4 Å². The third-order valence-electron chi connectivity index (χ3n) is 2.40. The summed E-state index contributed by atoms with van der Waals surface area (Å²) in [6.07, 6.45) is -3.78. The Balaban J connectivity index is 2.56. The average Bonchev–Trinajstić information content (AvgIpc) is 2.35. The average molecular weight is 322 g/mol. The van der Waals surface area contributed by atoms with Crippen LogP contribution < -0.4 is 5.32 Å². The Kier molecular flexibility index (Phi) is 5.21. The molecule has 116 valence electrons. The molecule has 1 amide bonds. The first-order valence-corrected chi connectivity index (χ1v) is 6.71. The largest absolute Gasteiger partial charge is 0.480 e. The highest BCUT2D eigenvalue weighted by atomic mass is 32.2. The van der Waals surface area contributed by atoms with Crippen LogP contribution in [0.3, 0.4) is 0 Å². The highest BCUT2D eigenvalue weighted by molar-refractivity contribution is 7.99. The number of nitrogens with zero attached hydrogens (tertiary/aromatic N) is 1. The maximum atomic E-state index is 12.3. The predicted molar refractivity (Wildman–Crippen MR) is 69.8 cm³/mol. The van der Waals surface area contributed by atoms with Gasteiger partial charge in [0, 0.05) is 6.20 Å². The molecule has 0 bridgehead atoms. The first kappa shape index (κ1) is 17.3. The molecule has 0 fully saturated rings. The van der Waals surface area contributed by atoms with Crippen LogP contribution in [-0.2, 0) is 15.8 Å². The molecular formula is C12H13F3N2O3S. The highest BCUT2D eigenvalue weighted by Crippen LogP contribution is 2.29. The van der Waals surface area contributed by atoms with E-state index in [2.05, 4.69) is 10.3 Å². The van der Waals surface area contributed by atoms with Crippen LogP contribution in [0.25, 0.3) is 0 Å². The van der Waals surface area contributed by atoms with Gasteiger partial charge in [-0.1, -0.05) is 11.8 Å². The normalized spacial score (nSPS) is 12.0. The number of aromatic nitrogens is 1. The smallest absolute Gasteiger partial charge is 0.417 e. The Morgan fingerprint density at radius 2 is 1.95 bits per heavy atom. The van der Waals surface area contributed by atoms with Gasteiger partial charge in [-0.3, -0.25) is 4.79 Å². The van der Waals surface area contributed by atoms with Crippen LogP contribution in [0, 0.1) is 0 Å². The van der Waals surface area contributed by atoms with E-state index in [9.17, 15) is 22.8 Å². The zero-order valence-corrected chi connectivity index (χ0v) is 12.0. The van der Waals surface area contributed by atoms with Gasteiger partial charge in [0.1, 0.15) is 5.54 Å². The lowest BCUT2D eigenvalue weighted by Gasteiger charge is -2.20. The standard InChI is InChI=1S/C12H13F3N2O3S/c1-11(2,10(19)20)17-8(18)6-21-9-4-3-7(5-16-9)12(13,14)15/h3-5H,6H2,1-2H3,(H,17,18)(H,19,20). The Morgan fingerprint density at radius 3 is 2.38 bits per heavy atom. The second kappa shape index (κ2) is 6.33. The molecule has 0 atom stereocenters. The Morgan fingerprint density at radius 1 is 1.33 bits per heavy atom. The summed E-state index contributed by atoms with van der Waals surface area (Å²) in [6, 6.07) is 2.03. The SMILES string of the molecule is CC(C)(NC(=O)CSc1ccc(C(F)(F)F)cn1)C(=O)O. The van der Waals surface area contributed by atoms with Crippen molar-refractivity contribution < 1.29 is 27.9 Å². The lowest BCUT2D eigenvalue weighted by atomic mass is 10.1. The molecule has 0 saturated carbocycles. The summed E-state index contributed by atoms with van der Waals surface area (Å²) in [5, 5.41) is 11.4. The van der Waals surface area contributed by atoms with E-state index in [4.69, 9.17) is 5.11 Å². The first-order valence-electron chi connectivity index (χ1n) is 5.73. The summed E-state index contributed by atoms with van der Waals surface area (Å²) in [5.74, 6) is -1.88. The molecule has 0 aromatic carbocycles. The molecule has 21 heavy (non-hydrogen) atoms. The first-order chi connectivity index (χ1) is 9.52. The lowest BCUT2D eigenvalue weighted by Crippen LogP contribution is -2.50. The molecule has 0 aliphatic carbocycles. The summed E-state index contributed by atoms with van der Waals surface area (Å²) in [6.45, 7) is 2.66. The minimum Gasteiger partial charge on any atom is -0.480 e. The number of carboxylic acids is 1. The maximum absolute atomic E-state index is 12.3. The zero-order chi connectivity index (χ0) is 16.3. The molecule has 1 rings (SSSR count). The van der Waals surface area contributed by atoms with E-state index in [0.717, 1.165) is 23.9 Å². The van der Waals surface area contributed by atoms with Crippen molar-refractivity contribution in [1.29, 1.82) is 0 Å². The van der Waals surface area contributed by atoms with Gasteiger partial charge in [-0.05, 0) is 26.0 Å². The van der Waals surface area contributed by atoms with E-state index in [1.165, 1.54) is 13.8 Å². The van der Waals surface area contributed by atoms with Gasteiger partial charge in [0.25, 0.3) is 0 Å². The van der Waals surface area contributed by atoms with Gasteiger partial charge in [-0.25, -0.2) is 9.78 Å². The molecule has 1 aromatic heterocycles. The van der Waals surface area contributed by atoms with Crippen LogP contribution in [0.1, 0.15) is 19.4 Å². The van der Waals surface area contributed by atoms with Crippen LogP contribution in [0.15, 0.2) is 23.4 Å². The minimum absolute atomic E-state index is 0.144. The molecular weight excluding hydrogens is 309 g/mol. The number of hydrogen-bond acceptors (Lipinski definition) is 4. The van der Waals surface area contributed by atoms with Crippen LogP contribution in [0.2, 0.25) is 0 Å². The monoisotopic (exact) mass is 322 g/mol. The molecule has 1 aromatic rings. The fourth-order valence-electron chi connectivity index (χ4n) is 1.21. The molecule has 5 nitrogen and oxygen atoms in total. The third-order valence-corrected chi connectivity index (χ3v) is 3.35. The zero-order valence-electron chi connectivity index (χ0n) is 11.2. The van der Waals surface area contributed by atoms with Crippen LogP contribution >= 0.6 is 11.8 Å². The summed E-state index contributed by atoms with van der Waals surface area (Å²) >= 11 is 0.917. The number of carboxylic acid groups (broad SMARTS) is 1. The summed E-state index contributed by atoms with van der Waals surface area (Å²) < 4.78 is 37.0. The van der Waals surface area contributed by atoms with E-state index in [1.54, 1.807) is 0 Å². The topological polar surface area (TPSA) is 79.3 Å². The van der Waals surface area contributed by atoms with Crippen molar-refractivity contribution in [2.45, 2.75) is 30.6 Å². The molecule has 0 aliphatic heterocycles. The van der Waals surface area contributed by atoms with E-state index in [-0.39, 0.29) is 10.8 Å². The summed E-state index contributed by atoms with van der Waals surface area (Å²) in [4.78, 5) is 26.0. The van der Waals surface area contributed by atoms with E-state index < -0.39 is 29.2 Å². The Labute approximate surface area is 122 Å². The van der Waals surface area contributed by atoms with E-state index in [0.29, 0.717) is 6.20 Å². The molecule has 2 N–H and O–H groups in total. The lowest BCUT2D eigenvalue weighted by molar-refractivity contribution is -0.145. The number of nitrogens with one attached hydrogen (secondary N) is 1. The number of halogens is 3. The molecule has 1 heterocycles.